The fourth-order valence-corrected chi connectivity index (χ4v) is 2.35. The molecule has 20 heavy (non-hydrogen) atoms. The summed E-state index contributed by atoms with van der Waals surface area (Å²) in [6, 6.07) is 6.84. The monoisotopic (exact) mass is 273 g/mol. The van der Waals surface area contributed by atoms with Gasteiger partial charge in [-0.1, -0.05) is 19.1 Å². The van der Waals surface area contributed by atoms with E-state index >= 15 is 0 Å². The van der Waals surface area contributed by atoms with Gasteiger partial charge in [0.2, 0.25) is 0 Å². The molecule has 2 heterocycles. The Morgan fingerprint density at radius 2 is 2.20 bits per heavy atom. The van der Waals surface area contributed by atoms with Gasteiger partial charge in [0.1, 0.15) is 5.82 Å². The minimum Gasteiger partial charge on any atom is -0.467 e. The number of esters is 1. The Bertz CT molecular complexity index is 738. The molecular formula is C14H15N3O3. The number of hydrogen-bond acceptors (Lipinski definition) is 5. The van der Waals surface area contributed by atoms with Crippen LogP contribution in [0.2, 0.25) is 0 Å². The summed E-state index contributed by atoms with van der Waals surface area (Å²) in [5.41, 5.74) is 0.543. The van der Waals surface area contributed by atoms with E-state index in [0.717, 1.165) is 0 Å². The van der Waals surface area contributed by atoms with Crippen molar-refractivity contribution in [1.29, 1.82) is 0 Å². The number of rotatable bonds is 3. The predicted molar refractivity (Wildman–Crippen MR) is 74.3 cm³/mol. The molecule has 104 valence electrons. The number of benzene rings is 1. The third-order valence-electron chi connectivity index (χ3n) is 3.45. The molecule has 0 aliphatic carbocycles. The summed E-state index contributed by atoms with van der Waals surface area (Å²) in [6.07, 6.45) is 0.616. The lowest BCUT2D eigenvalue weighted by Gasteiger charge is -2.14. The van der Waals surface area contributed by atoms with Crippen LogP contribution in [0.5, 0.6) is 0 Å². The highest BCUT2D eigenvalue weighted by atomic mass is 16.5. The number of fused-ring (bicyclic) bond motifs is 1. The van der Waals surface area contributed by atoms with Gasteiger partial charge in [0.05, 0.1) is 24.6 Å². The molecule has 0 radical (unpaired) electrons. The Morgan fingerprint density at radius 3 is 2.90 bits per heavy atom. The van der Waals surface area contributed by atoms with Gasteiger partial charge in [-0.15, -0.1) is 0 Å². The van der Waals surface area contributed by atoms with Gasteiger partial charge in [-0.05, 0) is 12.1 Å². The van der Waals surface area contributed by atoms with E-state index in [1.54, 1.807) is 17.1 Å². The average Bonchev–Trinajstić information content (AvgIpc) is 3.26. The summed E-state index contributed by atoms with van der Waals surface area (Å²) in [5, 5.41) is 2.24. The predicted octanol–water partition coefficient (Wildman–Crippen LogP) is 0.452. The van der Waals surface area contributed by atoms with Crippen LogP contribution in [-0.2, 0) is 16.0 Å². The smallest absolute Gasteiger partial charge is 0.332 e. The summed E-state index contributed by atoms with van der Waals surface area (Å²) < 4.78 is 6.21. The van der Waals surface area contributed by atoms with E-state index in [2.05, 4.69) is 4.98 Å². The van der Waals surface area contributed by atoms with Crippen LogP contribution < -0.4 is 10.6 Å². The standard InChI is InChI=1S/C14H15N3O3/c1-3-12-15-10-7-5-4-6-9(10)13(18)17(12)16-8-11(16)14(19)20-2/h4-7,11H,3,8H2,1-2H3. The molecule has 3 rings (SSSR count). The summed E-state index contributed by atoms with van der Waals surface area (Å²) in [7, 11) is 1.35. The summed E-state index contributed by atoms with van der Waals surface area (Å²) in [5.74, 6) is 0.326. The van der Waals surface area contributed by atoms with Crippen molar-refractivity contribution in [1.82, 2.24) is 9.66 Å². The van der Waals surface area contributed by atoms with Crippen LogP contribution in [-0.4, -0.2) is 35.3 Å². The number of methoxy groups -OCH3 is 1. The molecule has 0 spiro atoms. The topological polar surface area (TPSA) is 64.2 Å². The largest absolute Gasteiger partial charge is 0.467 e. The Balaban J connectivity index is 2.13. The van der Waals surface area contributed by atoms with Crippen LogP contribution >= 0.6 is 0 Å². The van der Waals surface area contributed by atoms with Crippen molar-refractivity contribution in [3.8, 4) is 0 Å². The molecule has 1 aliphatic rings. The van der Waals surface area contributed by atoms with Crippen molar-refractivity contribution in [3.63, 3.8) is 0 Å². The van der Waals surface area contributed by atoms with Crippen molar-refractivity contribution in [2.45, 2.75) is 19.4 Å². The molecule has 2 aromatic rings. The molecule has 0 bridgehead atoms. The zero-order valence-corrected chi connectivity index (χ0v) is 11.4. The number of hydrogen-bond donors (Lipinski definition) is 0. The van der Waals surface area contributed by atoms with Crippen molar-refractivity contribution >= 4 is 16.9 Å². The minimum atomic E-state index is -0.383. The van der Waals surface area contributed by atoms with Crippen LogP contribution in [0.4, 0.5) is 0 Å². The van der Waals surface area contributed by atoms with E-state index in [1.807, 2.05) is 19.1 Å². The van der Waals surface area contributed by atoms with Gasteiger partial charge in [0.15, 0.2) is 6.04 Å². The third kappa shape index (κ3) is 1.84. The van der Waals surface area contributed by atoms with Gasteiger partial charge < -0.3 is 4.74 Å². The average molecular weight is 273 g/mol. The van der Waals surface area contributed by atoms with Gasteiger partial charge >= 0.3 is 5.97 Å². The summed E-state index contributed by atoms with van der Waals surface area (Å²) >= 11 is 0. The molecule has 1 atom stereocenters. The van der Waals surface area contributed by atoms with E-state index < -0.39 is 0 Å². The maximum atomic E-state index is 12.6. The number of carbonyl (C=O) groups is 1. The maximum absolute atomic E-state index is 12.6. The van der Waals surface area contributed by atoms with Crippen molar-refractivity contribution in [2.24, 2.45) is 0 Å². The highest BCUT2D eigenvalue weighted by Crippen LogP contribution is 2.18. The molecule has 6 heteroatoms. The molecule has 0 N–H and O–H groups in total. The lowest BCUT2D eigenvalue weighted by molar-refractivity contribution is -0.139. The van der Waals surface area contributed by atoms with Gasteiger partial charge in [0, 0.05) is 6.42 Å². The minimum absolute atomic E-state index is 0.140. The number of nitrogens with zero attached hydrogens (tertiary/aromatic N) is 3. The number of carbonyl (C=O) groups excluding carboxylic acids is 1. The van der Waals surface area contributed by atoms with Gasteiger partial charge in [-0.3, -0.25) is 9.80 Å². The molecule has 0 amide bonds. The molecule has 1 unspecified atom stereocenters. The van der Waals surface area contributed by atoms with Crippen molar-refractivity contribution in [3.05, 3.63) is 40.4 Å². The second kappa shape index (κ2) is 4.63. The van der Waals surface area contributed by atoms with E-state index in [9.17, 15) is 9.59 Å². The molecule has 0 saturated carbocycles. The van der Waals surface area contributed by atoms with E-state index in [-0.39, 0.29) is 17.6 Å². The van der Waals surface area contributed by atoms with Crippen LogP contribution in [0.1, 0.15) is 12.7 Å². The van der Waals surface area contributed by atoms with Crippen molar-refractivity contribution in [2.75, 3.05) is 18.7 Å². The van der Waals surface area contributed by atoms with E-state index in [4.69, 9.17) is 4.74 Å². The first-order valence-corrected chi connectivity index (χ1v) is 6.52. The Morgan fingerprint density at radius 1 is 1.45 bits per heavy atom. The molecule has 1 fully saturated rings. The number of para-hydroxylation sites is 1. The van der Waals surface area contributed by atoms with Gasteiger partial charge in [0.25, 0.3) is 5.56 Å². The Kier molecular flexibility index (Phi) is 2.93. The van der Waals surface area contributed by atoms with Gasteiger partial charge in [-0.25, -0.2) is 14.5 Å². The third-order valence-corrected chi connectivity index (χ3v) is 3.45. The molecule has 1 aromatic heterocycles. The first-order valence-electron chi connectivity index (χ1n) is 6.52. The van der Waals surface area contributed by atoms with Crippen LogP contribution in [0.25, 0.3) is 10.9 Å². The quantitative estimate of drug-likeness (QED) is 0.600. The normalized spacial score (nSPS) is 17.3. The Hall–Kier alpha value is -2.37. The summed E-state index contributed by atoms with van der Waals surface area (Å²) in [6.45, 7) is 2.42. The highest BCUT2D eigenvalue weighted by molar-refractivity contribution is 5.83. The molecule has 1 aliphatic heterocycles. The first-order chi connectivity index (χ1) is 9.67. The second-order valence-corrected chi connectivity index (χ2v) is 4.68. The van der Waals surface area contributed by atoms with Crippen molar-refractivity contribution < 1.29 is 9.53 Å². The molecular weight excluding hydrogens is 258 g/mol. The molecule has 1 aromatic carbocycles. The van der Waals surface area contributed by atoms with Gasteiger partial charge in [-0.2, -0.15) is 0 Å². The lowest BCUT2D eigenvalue weighted by atomic mass is 10.2. The van der Waals surface area contributed by atoms with Crippen LogP contribution in [0.15, 0.2) is 29.1 Å². The fourth-order valence-electron chi connectivity index (χ4n) is 2.35. The fraction of sp³-hybridized carbons (Fsp3) is 0.357. The lowest BCUT2D eigenvalue weighted by Crippen LogP contribution is -2.35. The molecule has 6 nitrogen and oxygen atoms in total. The van der Waals surface area contributed by atoms with Crippen LogP contribution in [0, 0.1) is 0 Å². The second-order valence-electron chi connectivity index (χ2n) is 4.68. The summed E-state index contributed by atoms with van der Waals surface area (Å²) in [4.78, 5) is 28.6. The SMILES string of the molecule is CCc1nc2ccccc2c(=O)n1N1CC1C(=O)OC. The first kappa shape index (κ1) is 12.7. The molecule has 1 saturated heterocycles. The number of aryl methyl sites for hydroxylation is 1. The Labute approximate surface area is 115 Å². The zero-order chi connectivity index (χ0) is 14.3. The van der Waals surface area contributed by atoms with E-state index in [0.29, 0.717) is 29.7 Å². The van der Waals surface area contributed by atoms with Crippen LogP contribution in [0.3, 0.4) is 0 Å². The maximum Gasteiger partial charge on any atom is 0.332 e. The zero-order valence-electron chi connectivity index (χ0n) is 11.4. The highest BCUT2D eigenvalue weighted by Gasteiger charge is 2.44. The number of ether oxygens (including phenoxy) is 1. The number of aromatic nitrogens is 2. The van der Waals surface area contributed by atoms with E-state index in [1.165, 1.54) is 11.8 Å².